The van der Waals surface area contributed by atoms with Gasteiger partial charge in [0.2, 0.25) is 0 Å². The van der Waals surface area contributed by atoms with E-state index in [0.29, 0.717) is 4.91 Å². The molecule has 1 aliphatic heterocycles. The summed E-state index contributed by atoms with van der Waals surface area (Å²) in [7, 11) is 0. The summed E-state index contributed by atoms with van der Waals surface area (Å²) >= 11 is 0.917. The average molecular weight is 365 g/mol. The number of aromatic carboxylic acids is 1. The first-order valence-electron chi connectivity index (χ1n) is 7.79. The van der Waals surface area contributed by atoms with Crippen molar-refractivity contribution in [2.75, 3.05) is 6.54 Å². The maximum Gasteiger partial charge on any atom is 0.335 e. The lowest BCUT2D eigenvalue weighted by Crippen LogP contribution is -2.27. The first kappa shape index (κ1) is 17.7. The van der Waals surface area contributed by atoms with Crippen molar-refractivity contribution in [1.82, 2.24) is 4.90 Å². The van der Waals surface area contributed by atoms with Crippen molar-refractivity contribution in [2.24, 2.45) is 0 Å². The zero-order chi connectivity index (χ0) is 18.7. The van der Waals surface area contributed by atoms with Gasteiger partial charge in [-0.2, -0.15) is 0 Å². The van der Waals surface area contributed by atoms with Gasteiger partial charge in [0.15, 0.2) is 0 Å². The number of thioether (sulfide) groups is 1. The van der Waals surface area contributed by atoms with Crippen LogP contribution in [-0.2, 0) is 4.79 Å². The standard InChI is InChI=1S/C20H15NO4S/c1-2-11-21-18(22)17(26-20(21)25)12-13-3-5-14(6-4-13)15-7-9-16(10-8-15)19(23)24/h2-10,12H,1,11H2,(H,23,24). The summed E-state index contributed by atoms with van der Waals surface area (Å²) < 4.78 is 0. The third-order valence-corrected chi connectivity index (χ3v) is 4.77. The lowest BCUT2D eigenvalue weighted by molar-refractivity contribution is -0.122. The highest BCUT2D eigenvalue weighted by atomic mass is 32.2. The molecule has 0 spiro atoms. The second-order valence-corrected chi connectivity index (χ2v) is 6.58. The Bertz CT molecular complexity index is 914. The predicted molar refractivity (Wildman–Crippen MR) is 102 cm³/mol. The molecule has 130 valence electrons. The van der Waals surface area contributed by atoms with Gasteiger partial charge in [0.25, 0.3) is 11.1 Å². The van der Waals surface area contributed by atoms with Crippen molar-refractivity contribution in [2.45, 2.75) is 0 Å². The summed E-state index contributed by atoms with van der Waals surface area (Å²) in [5.41, 5.74) is 2.87. The lowest BCUT2D eigenvalue weighted by Gasteiger charge is -2.07. The van der Waals surface area contributed by atoms with Crippen LogP contribution in [0.25, 0.3) is 17.2 Å². The fraction of sp³-hybridized carbons (Fsp3) is 0.0500. The zero-order valence-corrected chi connectivity index (χ0v) is 14.5. The summed E-state index contributed by atoms with van der Waals surface area (Å²) in [5.74, 6) is -1.27. The van der Waals surface area contributed by atoms with E-state index in [1.165, 1.54) is 6.08 Å². The maximum atomic E-state index is 12.2. The number of nitrogens with zero attached hydrogens (tertiary/aromatic N) is 1. The molecule has 6 heteroatoms. The van der Waals surface area contributed by atoms with Crippen LogP contribution in [0.15, 0.2) is 66.1 Å². The monoisotopic (exact) mass is 365 g/mol. The Morgan fingerprint density at radius 1 is 1.04 bits per heavy atom. The van der Waals surface area contributed by atoms with Crippen molar-refractivity contribution in [3.8, 4) is 11.1 Å². The largest absolute Gasteiger partial charge is 0.478 e. The Labute approximate surface area is 154 Å². The molecule has 0 saturated carbocycles. The van der Waals surface area contributed by atoms with E-state index in [2.05, 4.69) is 6.58 Å². The van der Waals surface area contributed by atoms with Gasteiger partial charge in [-0.15, -0.1) is 6.58 Å². The second kappa shape index (κ2) is 7.41. The van der Waals surface area contributed by atoms with E-state index in [9.17, 15) is 14.4 Å². The molecule has 0 radical (unpaired) electrons. The molecule has 0 unspecified atom stereocenters. The number of hydrogen-bond donors (Lipinski definition) is 1. The molecule has 2 amide bonds. The Morgan fingerprint density at radius 2 is 1.62 bits per heavy atom. The van der Waals surface area contributed by atoms with Crippen LogP contribution in [0.4, 0.5) is 4.79 Å². The van der Waals surface area contributed by atoms with Gasteiger partial charge in [-0.1, -0.05) is 42.5 Å². The van der Waals surface area contributed by atoms with Crippen molar-refractivity contribution >= 4 is 35.0 Å². The van der Waals surface area contributed by atoms with E-state index in [4.69, 9.17) is 5.11 Å². The number of imide groups is 1. The van der Waals surface area contributed by atoms with Crippen LogP contribution in [0.3, 0.4) is 0 Å². The number of rotatable bonds is 5. The highest BCUT2D eigenvalue weighted by Gasteiger charge is 2.33. The van der Waals surface area contributed by atoms with E-state index in [-0.39, 0.29) is 23.3 Å². The SMILES string of the molecule is C=CCN1C(=O)SC(=Cc2ccc(-c3ccc(C(=O)O)cc3)cc2)C1=O. The maximum absolute atomic E-state index is 12.2. The third kappa shape index (κ3) is 3.60. The Morgan fingerprint density at radius 3 is 2.15 bits per heavy atom. The molecule has 1 saturated heterocycles. The molecular weight excluding hydrogens is 350 g/mol. The number of benzene rings is 2. The fourth-order valence-corrected chi connectivity index (χ4v) is 3.36. The Balaban J connectivity index is 1.80. The average Bonchev–Trinajstić information content (AvgIpc) is 2.90. The highest BCUT2D eigenvalue weighted by Crippen LogP contribution is 2.32. The van der Waals surface area contributed by atoms with E-state index in [1.807, 2.05) is 24.3 Å². The van der Waals surface area contributed by atoms with Crippen LogP contribution in [0.5, 0.6) is 0 Å². The van der Waals surface area contributed by atoms with E-state index in [1.54, 1.807) is 30.3 Å². The molecular formula is C20H15NO4S. The molecule has 2 aromatic rings. The molecule has 1 fully saturated rings. The van der Waals surface area contributed by atoms with Crippen molar-refractivity contribution in [3.05, 3.63) is 77.2 Å². The first-order chi connectivity index (χ1) is 12.5. The summed E-state index contributed by atoms with van der Waals surface area (Å²) in [4.78, 5) is 36.5. The van der Waals surface area contributed by atoms with Gasteiger partial charge in [0.1, 0.15) is 0 Å². The fourth-order valence-electron chi connectivity index (χ4n) is 2.51. The minimum absolute atomic E-state index is 0.202. The zero-order valence-electron chi connectivity index (χ0n) is 13.7. The molecule has 5 nitrogen and oxygen atoms in total. The van der Waals surface area contributed by atoms with Crippen LogP contribution in [0.2, 0.25) is 0 Å². The normalized spacial score (nSPS) is 15.5. The second-order valence-electron chi connectivity index (χ2n) is 5.59. The van der Waals surface area contributed by atoms with Gasteiger partial charge in [-0.05, 0) is 46.7 Å². The van der Waals surface area contributed by atoms with Crippen molar-refractivity contribution in [1.29, 1.82) is 0 Å². The van der Waals surface area contributed by atoms with E-state index < -0.39 is 5.97 Å². The molecule has 1 heterocycles. The summed E-state index contributed by atoms with van der Waals surface area (Å²) in [6.07, 6.45) is 3.20. The molecule has 0 aliphatic carbocycles. The molecule has 0 bridgehead atoms. The third-order valence-electron chi connectivity index (χ3n) is 3.86. The number of carboxylic acids is 1. The Hall–Kier alpha value is -3.12. The predicted octanol–water partition coefficient (Wildman–Crippen LogP) is 4.27. The van der Waals surface area contributed by atoms with Crippen LogP contribution >= 0.6 is 11.8 Å². The van der Waals surface area contributed by atoms with Gasteiger partial charge in [0, 0.05) is 6.54 Å². The van der Waals surface area contributed by atoms with E-state index in [0.717, 1.165) is 33.4 Å². The van der Waals surface area contributed by atoms with Gasteiger partial charge in [0.05, 0.1) is 10.5 Å². The minimum atomic E-state index is -0.961. The summed E-state index contributed by atoms with van der Waals surface area (Å²) in [6.45, 7) is 3.75. The van der Waals surface area contributed by atoms with Gasteiger partial charge in [-0.25, -0.2) is 4.79 Å². The summed E-state index contributed by atoms with van der Waals surface area (Å²) in [6, 6.07) is 14.1. The van der Waals surface area contributed by atoms with Crippen molar-refractivity contribution < 1.29 is 19.5 Å². The van der Waals surface area contributed by atoms with E-state index >= 15 is 0 Å². The molecule has 0 atom stereocenters. The molecule has 2 aromatic carbocycles. The van der Waals surface area contributed by atoms with Gasteiger partial charge in [-0.3, -0.25) is 14.5 Å². The first-order valence-corrected chi connectivity index (χ1v) is 8.61. The van der Waals surface area contributed by atoms with Crippen molar-refractivity contribution in [3.63, 3.8) is 0 Å². The highest BCUT2D eigenvalue weighted by molar-refractivity contribution is 8.18. The Kier molecular flexibility index (Phi) is 5.04. The van der Waals surface area contributed by atoms with Crippen LogP contribution in [0, 0.1) is 0 Å². The van der Waals surface area contributed by atoms with Gasteiger partial charge < -0.3 is 5.11 Å². The van der Waals surface area contributed by atoms with Crippen LogP contribution in [-0.4, -0.2) is 33.7 Å². The molecule has 1 N–H and O–H groups in total. The van der Waals surface area contributed by atoms with Crippen LogP contribution in [0.1, 0.15) is 15.9 Å². The number of hydrogen-bond acceptors (Lipinski definition) is 4. The van der Waals surface area contributed by atoms with Gasteiger partial charge >= 0.3 is 5.97 Å². The van der Waals surface area contributed by atoms with Crippen LogP contribution < -0.4 is 0 Å². The summed E-state index contributed by atoms with van der Waals surface area (Å²) in [5, 5.41) is 8.65. The molecule has 0 aromatic heterocycles. The lowest BCUT2D eigenvalue weighted by atomic mass is 10.0. The quantitative estimate of drug-likeness (QED) is 0.632. The number of carbonyl (C=O) groups is 3. The number of carboxylic acid groups (broad SMARTS) is 1. The smallest absolute Gasteiger partial charge is 0.335 e. The minimum Gasteiger partial charge on any atom is -0.478 e. The topological polar surface area (TPSA) is 74.7 Å². The molecule has 1 aliphatic rings. The number of carbonyl (C=O) groups excluding carboxylic acids is 2. The molecule has 26 heavy (non-hydrogen) atoms. The molecule has 3 rings (SSSR count). The number of amides is 2.